The van der Waals surface area contributed by atoms with Crippen LogP contribution in [-0.4, -0.2) is 59.6 Å². The number of epoxide rings is 2. The van der Waals surface area contributed by atoms with Crippen molar-refractivity contribution in [1.82, 2.24) is 0 Å². The number of carbonyl (C=O) groups is 3. The van der Waals surface area contributed by atoms with E-state index >= 15 is 0 Å². The number of esters is 3. The molecule has 8 heteroatoms. The molecule has 4 aliphatic rings. The highest BCUT2D eigenvalue weighted by atomic mass is 16.7. The molecule has 0 radical (unpaired) electrons. The second-order valence-corrected chi connectivity index (χ2v) is 10.3. The van der Waals surface area contributed by atoms with Gasteiger partial charge in [-0.05, 0) is 51.5 Å². The van der Waals surface area contributed by atoms with Gasteiger partial charge in [0, 0.05) is 18.4 Å². The van der Waals surface area contributed by atoms with Gasteiger partial charge in [-0.25, -0.2) is 14.4 Å². The van der Waals surface area contributed by atoms with Crippen LogP contribution < -0.4 is 0 Å². The number of carbonyl (C=O) groups excluding carboxylic acids is 3. The maximum Gasteiger partial charge on any atom is 0.341 e. The molecule has 0 unspecified atom stereocenters. The Labute approximate surface area is 204 Å². The lowest BCUT2D eigenvalue weighted by Crippen LogP contribution is -2.40. The van der Waals surface area contributed by atoms with E-state index in [4.69, 9.17) is 23.7 Å². The van der Waals surface area contributed by atoms with Crippen LogP contribution in [0.1, 0.15) is 50.9 Å². The topological polar surface area (TPSA) is 104 Å². The second-order valence-electron chi connectivity index (χ2n) is 10.3. The number of hydrogen-bond donors (Lipinski definition) is 0. The van der Waals surface area contributed by atoms with Crippen LogP contribution in [0.3, 0.4) is 0 Å². The fourth-order valence-electron chi connectivity index (χ4n) is 5.05. The first kappa shape index (κ1) is 23.8. The first-order valence-electron chi connectivity index (χ1n) is 11.9. The molecule has 8 nitrogen and oxygen atoms in total. The lowest BCUT2D eigenvalue weighted by atomic mass is 9.82. The highest BCUT2D eigenvalue weighted by molar-refractivity contribution is 5.91. The van der Waals surface area contributed by atoms with Crippen LogP contribution in [0.15, 0.2) is 54.1 Å². The molecule has 35 heavy (non-hydrogen) atoms. The molecule has 0 spiro atoms. The molecule has 3 aliphatic heterocycles. The van der Waals surface area contributed by atoms with Crippen molar-refractivity contribution >= 4 is 17.9 Å². The Bertz CT molecular complexity index is 1110. The minimum atomic E-state index is -0.997. The van der Waals surface area contributed by atoms with Crippen LogP contribution in [0.25, 0.3) is 0 Å². The Kier molecular flexibility index (Phi) is 5.64. The van der Waals surface area contributed by atoms with Crippen LogP contribution in [0.5, 0.6) is 0 Å². The number of ether oxygens (including phenoxy) is 5. The average Bonchev–Trinajstić information content (AvgIpc) is 3.62. The zero-order valence-corrected chi connectivity index (χ0v) is 20.3. The van der Waals surface area contributed by atoms with E-state index in [0.717, 1.165) is 5.57 Å². The van der Waals surface area contributed by atoms with Crippen LogP contribution in [0.4, 0.5) is 0 Å². The number of hydrogen-bond acceptors (Lipinski definition) is 8. The summed E-state index contributed by atoms with van der Waals surface area (Å²) in [5, 5.41) is 0. The monoisotopic (exact) mass is 482 g/mol. The number of rotatable bonds is 4. The fraction of sp³-hybridized carbons (Fsp3) is 0.519. The van der Waals surface area contributed by atoms with E-state index in [9.17, 15) is 14.4 Å². The predicted molar refractivity (Wildman–Crippen MR) is 123 cm³/mol. The molecular weight excluding hydrogens is 452 g/mol. The summed E-state index contributed by atoms with van der Waals surface area (Å²) in [4.78, 5) is 38.2. The van der Waals surface area contributed by atoms with Gasteiger partial charge < -0.3 is 23.7 Å². The normalized spacial score (nSPS) is 39.9. The highest BCUT2D eigenvalue weighted by Gasteiger charge is 2.61. The van der Waals surface area contributed by atoms with Gasteiger partial charge in [0.25, 0.3) is 0 Å². The molecule has 0 amide bonds. The van der Waals surface area contributed by atoms with Crippen molar-refractivity contribution in [3.8, 4) is 0 Å². The summed E-state index contributed by atoms with van der Waals surface area (Å²) in [5.74, 6) is -2.05. The van der Waals surface area contributed by atoms with Crippen molar-refractivity contribution < 1.29 is 38.1 Å². The third-order valence-corrected chi connectivity index (χ3v) is 7.73. The first-order valence-corrected chi connectivity index (χ1v) is 11.9. The third kappa shape index (κ3) is 4.29. The van der Waals surface area contributed by atoms with E-state index < -0.39 is 53.3 Å². The lowest BCUT2D eigenvalue weighted by Gasteiger charge is -2.30. The fourth-order valence-corrected chi connectivity index (χ4v) is 5.05. The summed E-state index contributed by atoms with van der Waals surface area (Å²) in [6.45, 7) is 11.2. The third-order valence-electron chi connectivity index (χ3n) is 7.73. The minimum Gasteiger partial charge on any atom is -0.459 e. The first-order chi connectivity index (χ1) is 16.5. The molecule has 0 saturated carbocycles. The smallest absolute Gasteiger partial charge is 0.341 e. The average molecular weight is 483 g/mol. The highest BCUT2D eigenvalue weighted by Crippen LogP contribution is 2.49. The zero-order chi connectivity index (χ0) is 25.1. The quantitative estimate of drug-likeness (QED) is 0.212. The Balaban J connectivity index is 1.44. The Morgan fingerprint density at radius 1 is 1.11 bits per heavy atom. The predicted octanol–water partition coefficient (Wildman–Crippen LogP) is 3.30. The van der Waals surface area contributed by atoms with Crippen molar-refractivity contribution in [3.05, 3.63) is 59.7 Å². The number of benzene rings is 1. The van der Waals surface area contributed by atoms with Gasteiger partial charge in [0.15, 0.2) is 5.60 Å². The molecule has 0 aromatic heterocycles. The van der Waals surface area contributed by atoms with Crippen molar-refractivity contribution in [1.29, 1.82) is 0 Å². The summed E-state index contributed by atoms with van der Waals surface area (Å²) in [6.07, 6.45) is 0.124. The van der Waals surface area contributed by atoms with E-state index in [-0.39, 0.29) is 17.8 Å². The maximum absolute atomic E-state index is 12.9. The van der Waals surface area contributed by atoms with Gasteiger partial charge in [-0.15, -0.1) is 0 Å². The molecule has 1 aromatic carbocycles. The van der Waals surface area contributed by atoms with Crippen molar-refractivity contribution in [2.45, 2.75) is 82.3 Å². The molecular formula is C27H30O8. The number of fused-ring (bicyclic) bond motifs is 2. The Hall–Kier alpha value is -2.97. The molecule has 3 fully saturated rings. The Morgan fingerprint density at radius 2 is 1.80 bits per heavy atom. The van der Waals surface area contributed by atoms with E-state index in [1.807, 2.05) is 26.8 Å². The lowest BCUT2D eigenvalue weighted by molar-refractivity contribution is -0.159. The summed E-state index contributed by atoms with van der Waals surface area (Å²) in [5.41, 5.74) is -0.197. The van der Waals surface area contributed by atoms with Crippen molar-refractivity contribution in [2.75, 3.05) is 0 Å². The molecule has 8 atom stereocenters. The zero-order valence-electron chi connectivity index (χ0n) is 20.3. The van der Waals surface area contributed by atoms with E-state index in [1.54, 1.807) is 37.3 Å². The molecule has 0 N–H and O–H groups in total. The molecule has 0 bridgehead atoms. The molecule has 5 rings (SSSR count). The molecule has 186 valence electrons. The van der Waals surface area contributed by atoms with Crippen LogP contribution >= 0.6 is 0 Å². The minimum absolute atomic E-state index is 0.213. The summed E-state index contributed by atoms with van der Waals surface area (Å²) < 4.78 is 28.9. The van der Waals surface area contributed by atoms with E-state index in [2.05, 4.69) is 6.58 Å². The summed E-state index contributed by atoms with van der Waals surface area (Å²) in [7, 11) is 0. The molecule has 1 aliphatic carbocycles. The van der Waals surface area contributed by atoms with Gasteiger partial charge >= 0.3 is 17.9 Å². The largest absolute Gasteiger partial charge is 0.459 e. The van der Waals surface area contributed by atoms with Crippen LogP contribution in [0.2, 0.25) is 0 Å². The van der Waals surface area contributed by atoms with Crippen molar-refractivity contribution in [2.24, 2.45) is 5.92 Å². The summed E-state index contributed by atoms with van der Waals surface area (Å²) in [6, 6.07) is 8.77. The van der Waals surface area contributed by atoms with Gasteiger partial charge in [0.1, 0.15) is 18.3 Å². The van der Waals surface area contributed by atoms with Crippen LogP contribution in [-0.2, 0) is 33.3 Å². The molecule has 3 heterocycles. The Morgan fingerprint density at radius 3 is 2.46 bits per heavy atom. The van der Waals surface area contributed by atoms with Gasteiger partial charge in [-0.3, -0.25) is 0 Å². The van der Waals surface area contributed by atoms with E-state index in [1.165, 1.54) is 0 Å². The van der Waals surface area contributed by atoms with E-state index in [0.29, 0.717) is 18.4 Å². The second kappa shape index (κ2) is 8.31. The SMILES string of the molecule is C=C1C(=O)O[C@H]2C=C(C)[C@@H](OC(=O)c3ccccc3)C[C@H]3O[C@@]3(C)C[C@@H](OC(=O)[C@@]3(C)O[C@@H]3C)[C@@H]12. The van der Waals surface area contributed by atoms with Gasteiger partial charge in [0.05, 0.1) is 29.3 Å². The van der Waals surface area contributed by atoms with Gasteiger partial charge in [0.2, 0.25) is 0 Å². The molecule has 3 saturated heterocycles. The summed E-state index contributed by atoms with van der Waals surface area (Å²) >= 11 is 0. The van der Waals surface area contributed by atoms with Crippen molar-refractivity contribution in [3.63, 3.8) is 0 Å². The van der Waals surface area contributed by atoms with Gasteiger partial charge in [-0.2, -0.15) is 0 Å². The van der Waals surface area contributed by atoms with Gasteiger partial charge in [-0.1, -0.05) is 24.8 Å². The standard InChI is InChI=1S/C27H30O8/c1-14-11-19-22(15(2)23(28)32-19)20(33-25(30)27(5)16(3)34-27)13-26(4)21(35-26)12-18(14)31-24(29)17-9-7-6-8-10-17/h6-11,16,18-22H,2,12-13H2,1,3-5H3/t16-,18+,19+,20-,21-,22+,26+,27+/m1/s1. The molecule has 1 aromatic rings. The van der Waals surface area contributed by atoms with Crippen LogP contribution in [0, 0.1) is 5.92 Å². The maximum atomic E-state index is 12.9.